The summed E-state index contributed by atoms with van der Waals surface area (Å²) in [6, 6.07) is -0.356. The van der Waals surface area contributed by atoms with Gasteiger partial charge in [-0.15, -0.1) is 0 Å². The maximum absolute atomic E-state index is 12.0. The third-order valence-corrected chi connectivity index (χ3v) is 3.59. The lowest BCUT2D eigenvalue weighted by atomic mass is 10.0. The Morgan fingerprint density at radius 3 is 2.76 bits per heavy atom. The minimum absolute atomic E-state index is 0.258. The molecule has 116 valence electrons. The number of aromatic nitrogens is 2. The fourth-order valence-electron chi connectivity index (χ4n) is 2.58. The number of anilines is 1. The van der Waals surface area contributed by atoms with Gasteiger partial charge in [0, 0.05) is 13.2 Å². The molecule has 1 aliphatic carbocycles. The zero-order valence-electron chi connectivity index (χ0n) is 11.9. The van der Waals surface area contributed by atoms with E-state index >= 15 is 0 Å². The molecule has 0 spiro atoms. The number of hydrogen-bond acceptors (Lipinski definition) is 4. The van der Waals surface area contributed by atoms with Crippen LogP contribution in [0, 0.1) is 0 Å². The van der Waals surface area contributed by atoms with Crippen molar-refractivity contribution in [1.29, 1.82) is 0 Å². The Morgan fingerprint density at radius 1 is 1.48 bits per heavy atom. The highest BCUT2D eigenvalue weighted by atomic mass is 16.4. The van der Waals surface area contributed by atoms with Crippen molar-refractivity contribution in [3.05, 3.63) is 12.4 Å². The van der Waals surface area contributed by atoms with Gasteiger partial charge in [-0.25, -0.2) is 4.79 Å². The lowest BCUT2D eigenvalue weighted by molar-refractivity contribution is -0.137. The fourth-order valence-corrected chi connectivity index (χ4v) is 2.58. The molecular weight excluding hydrogens is 276 g/mol. The summed E-state index contributed by atoms with van der Waals surface area (Å²) in [5.41, 5.74) is -0.369. The number of carboxylic acid groups (broad SMARTS) is 1. The van der Waals surface area contributed by atoms with E-state index < -0.39 is 11.6 Å². The van der Waals surface area contributed by atoms with Crippen LogP contribution in [0.4, 0.5) is 10.5 Å². The van der Waals surface area contributed by atoms with Gasteiger partial charge in [0.2, 0.25) is 0 Å². The lowest BCUT2D eigenvalue weighted by Crippen LogP contribution is -2.43. The van der Waals surface area contributed by atoms with Crippen molar-refractivity contribution in [2.75, 3.05) is 18.9 Å². The summed E-state index contributed by atoms with van der Waals surface area (Å²) in [6.07, 6.45) is 6.22. The SMILES string of the molecule is CN(CC1(O)CCCC1)C(=O)Nc1cnn(CC(=O)O)c1. The molecule has 1 heterocycles. The van der Waals surface area contributed by atoms with Gasteiger partial charge in [0.05, 0.1) is 24.0 Å². The van der Waals surface area contributed by atoms with Crippen LogP contribution < -0.4 is 5.32 Å². The molecule has 8 nitrogen and oxygen atoms in total. The van der Waals surface area contributed by atoms with Crippen molar-refractivity contribution < 1.29 is 19.8 Å². The van der Waals surface area contributed by atoms with Crippen LogP contribution >= 0.6 is 0 Å². The number of aliphatic carboxylic acids is 1. The molecule has 0 atom stereocenters. The molecule has 1 aromatic heterocycles. The molecule has 0 aromatic carbocycles. The van der Waals surface area contributed by atoms with Crippen LogP contribution in [-0.4, -0.2) is 56.1 Å². The molecule has 1 saturated carbocycles. The Kier molecular flexibility index (Phi) is 4.46. The Balaban J connectivity index is 1.88. The van der Waals surface area contributed by atoms with Crippen molar-refractivity contribution in [2.45, 2.75) is 37.8 Å². The van der Waals surface area contributed by atoms with Crippen molar-refractivity contribution in [2.24, 2.45) is 0 Å². The molecule has 0 saturated heterocycles. The highest BCUT2D eigenvalue weighted by Crippen LogP contribution is 2.29. The molecule has 0 aliphatic heterocycles. The highest BCUT2D eigenvalue weighted by molar-refractivity contribution is 5.88. The van der Waals surface area contributed by atoms with Crippen LogP contribution in [0.15, 0.2) is 12.4 Å². The quantitative estimate of drug-likeness (QED) is 0.742. The van der Waals surface area contributed by atoms with Crippen LogP contribution in [0.5, 0.6) is 0 Å². The highest BCUT2D eigenvalue weighted by Gasteiger charge is 2.33. The second-order valence-corrected chi connectivity index (χ2v) is 5.54. The molecular formula is C13H20N4O4. The predicted octanol–water partition coefficient (Wildman–Crippen LogP) is 0.736. The topological polar surface area (TPSA) is 108 Å². The number of nitrogens with one attached hydrogen (secondary N) is 1. The molecule has 2 amide bonds. The monoisotopic (exact) mass is 296 g/mol. The third kappa shape index (κ3) is 4.19. The third-order valence-electron chi connectivity index (χ3n) is 3.59. The van der Waals surface area contributed by atoms with Gasteiger partial charge >= 0.3 is 12.0 Å². The molecule has 1 aromatic rings. The number of carbonyl (C=O) groups excluding carboxylic acids is 1. The number of rotatable bonds is 5. The second-order valence-electron chi connectivity index (χ2n) is 5.54. The molecule has 21 heavy (non-hydrogen) atoms. The number of amides is 2. The molecule has 0 radical (unpaired) electrons. The zero-order chi connectivity index (χ0) is 15.5. The van der Waals surface area contributed by atoms with Gasteiger partial charge in [-0.2, -0.15) is 5.10 Å². The second kappa shape index (κ2) is 6.13. The molecule has 1 aliphatic rings. The van der Waals surface area contributed by atoms with Crippen LogP contribution in [-0.2, 0) is 11.3 Å². The lowest BCUT2D eigenvalue weighted by Gasteiger charge is -2.28. The number of hydrogen-bond donors (Lipinski definition) is 3. The fraction of sp³-hybridized carbons (Fsp3) is 0.615. The van der Waals surface area contributed by atoms with E-state index in [0.29, 0.717) is 18.5 Å². The molecule has 8 heteroatoms. The van der Waals surface area contributed by atoms with Crippen molar-refractivity contribution in [3.63, 3.8) is 0 Å². The van der Waals surface area contributed by atoms with Gasteiger partial charge in [-0.3, -0.25) is 9.48 Å². The largest absolute Gasteiger partial charge is 0.480 e. The van der Waals surface area contributed by atoms with E-state index in [4.69, 9.17) is 5.11 Å². The Labute approximate surface area is 122 Å². The minimum atomic E-state index is -1.00. The molecule has 3 N–H and O–H groups in total. The molecule has 1 fully saturated rings. The average Bonchev–Trinajstić information content (AvgIpc) is 2.98. The van der Waals surface area contributed by atoms with Gasteiger partial charge in [-0.05, 0) is 12.8 Å². The van der Waals surface area contributed by atoms with Crippen LogP contribution in [0.3, 0.4) is 0 Å². The van der Waals surface area contributed by atoms with E-state index in [2.05, 4.69) is 10.4 Å². The van der Waals surface area contributed by atoms with Gasteiger partial charge in [-0.1, -0.05) is 12.8 Å². The van der Waals surface area contributed by atoms with E-state index in [1.54, 1.807) is 7.05 Å². The summed E-state index contributed by atoms with van der Waals surface area (Å²) in [4.78, 5) is 24.0. The first kappa shape index (κ1) is 15.3. The number of carboxylic acids is 1. The summed E-state index contributed by atoms with van der Waals surface area (Å²) in [7, 11) is 1.62. The Bertz CT molecular complexity index is 522. The number of carbonyl (C=O) groups is 2. The van der Waals surface area contributed by atoms with Crippen molar-refractivity contribution >= 4 is 17.7 Å². The van der Waals surface area contributed by atoms with Crippen LogP contribution in [0.25, 0.3) is 0 Å². The van der Waals surface area contributed by atoms with E-state index in [-0.39, 0.29) is 19.1 Å². The normalized spacial score (nSPS) is 16.7. The van der Waals surface area contributed by atoms with E-state index in [1.165, 1.54) is 22.0 Å². The summed E-state index contributed by atoms with van der Waals surface area (Å²) < 4.78 is 1.22. The average molecular weight is 296 g/mol. The Morgan fingerprint density at radius 2 is 2.14 bits per heavy atom. The van der Waals surface area contributed by atoms with Gasteiger partial charge < -0.3 is 20.4 Å². The molecule has 0 unspecified atom stereocenters. The van der Waals surface area contributed by atoms with Gasteiger partial charge in [0.25, 0.3) is 0 Å². The number of nitrogens with zero attached hydrogens (tertiary/aromatic N) is 3. The molecule has 0 bridgehead atoms. The molecule has 2 rings (SSSR count). The van der Waals surface area contributed by atoms with Crippen molar-refractivity contribution in [1.82, 2.24) is 14.7 Å². The maximum atomic E-state index is 12.0. The minimum Gasteiger partial charge on any atom is -0.480 e. The van der Waals surface area contributed by atoms with E-state index in [1.807, 2.05) is 0 Å². The van der Waals surface area contributed by atoms with Crippen molar-refractivity contribution in [3.8, 4) is 0 Å². The smallest absolute Gasteiger partial charge is 0.325 e. The summed E-state index contributed by atoms with van der Waals surface area (Å²) in [5, 5.41) is 25.4. The first-order valence-electron chi connectivity index (χ1n) is 6.87. The van der Waals surface area contributed by atoms with E-state index in [9.17, 15) is 14.7 Å². The standard InChI is InChI=1S/C13H20N4O4/c1-16(9-13(21)4-2-3-5-13)12(20)15-10-6-14-17(7-10)8-11(18)19/h6-7,21H,2-5,8-9H2,1H3,(H,15,20)(H,18,19). The number of aliphatic hydroxyl groups is 1. The Hall–Kier alpha value is -2.09. The number of urea groups is 1. The van der Waals surface area contributed by atoms with Gasteiger partial charge in [0.15, 0.2) is 0 Å². The van der Waals surface area contributed by atoms with Gasteiger partial charge in [0.1, 0.15) is 6.54 Å². The first-order valence-corrected chi connectivity index (χ1v) is 6.87. The summed E-state index contributed by atoms with van der Waals surface area (Å²) >= 11 is 0. The van der Waals surface area contributed by atoms with Crippen LogP contribution in [0.1, 0.15) is 25.7 Å². The predicted molar refractivity (Wildman–Crippen MR) is 74.9 cm³/mol. The van der Waals surface area contributed by atoms with E-state index in [0.717, 1.165) is 12.8 Å². The summed E-state index contributed by atoms with van der Waals surface area (Å²) in [6.45, 7) is 0.0214. The summed E-state index contributed by atoms with van der Waals surface area (Å²) in [5.74, 6) is -1.00. The first-order chi connectivity index (χ1) is 9.88. The number of likely N-dealkylation sites (N-methyl/N-ethyl adjacent to an activating group) is 1. The zero-order valence-corrected chi connectivity index (χ0v) is 11.9. The van der Waals surface area contributed by atoms with Crippen LogP contribution in [0.2, 0.25) is 0 Å². The maximum Gasteiger partial charge on any atom is 0.325 e.